The lowest BCUT2D eigenvalue weighted by atomic mass is 9.90. The number of amides is 1. The molecule has 136 valence electrons. The highest BCUT2D eigenvalue weighted by Gasteiger charge is 2.25. The zero-order valence-electron chi connectivity index (χ0n) is 15.3. The third-order valence-corrected chi connectivity index (χ3v) is 4.23. The average Bonchev–Trinajstić information content (AvgIpc) is 2.54. The van der Waals surface area contributed by atoms with E-state index in [1.165, 1.54) is 0 Å². The van der Waals surface area contributed by atoms with E-state index in [1.54, 1.807) is 6.07 Å². The number of carbonyl (C=O) groups is 1. The maximum atomic E-state index is 12.2. The number of rotatable bonds is 8. The molecule has 1 aromatic carbocycles. The van der Waals surface area contributed by atoms with Gasteiger partial charge < -0.3 is 16.0 Å². The van der Waals surface area contributed by atoms with Crippen LogP contribution in [-0.4, -0.2) is 28.0 Å². The summed E-state index contributed by atoms with van der Waals surface area (Å²) in [6, 6.07) is 7.24. The van der Waals surface area contributed by atoms with Crippen LogP contribution in [0.1, 0.15) is 45.9 Å². The van der Waals surface area contributed by atoms with Crippen molar-refractivity contribution in [2.24, 2.45) is 11.7 Å². The normalized spacial score (nSPS) is 13.8. The molecule has 0 aliphatic carbocycles. The van der Waals surface area contributed by atoms with Gasteiger partial charge in [0.05, 0.1) is 10.9 Å². The van der Waals surface area contributed by atoms with Gasteiger partial charge in [0.2, 0.25) is 5.91 Å². The Morgan fingerprint density at radius 2 is 2.08 bits per heavy atom. The second-order valence-electron chi connectivity index (χ2n) is 7.29. The first-order valence-corrected chi connectivity index (χ1v) is 8.82. The Balaban J connectivity index is 1.92. The van der Waals surface area contributed by atoms with Crippen LogP contribution in [0, 0.1) is 5.92 Å². The van der Waals surface area contributed by atoms with Crippen LogP contribution in [0.4, 0.5) is 0 Å². The molecule has 1 atom stereocenters. The van der Waals surface area contributed by atoms with Crippen molar-refractivity contribution in [1.29, 1.82) is 0 Å². The highest BCUT2D eigenvalue weighted by atomic mass is 16.1. The molecule has 0 spiro atoms. The van der Waals surface area contributed by atoms with Crippen LogP contribution in [-0.2, 0) is 11.2 Å². The van der Waals surface area contributed by atoms with Gasteiger partial charge in [0.25, 0.3) is 5.56 Å². The molecule has 0 aliphatic heterocycles. The predicted molar refractivity (Wildman–Crippen MR) is 100 cm³/mol. The lowest BCUT2D eigenvalue weighted by molar-refractivity contribution is -0.123. The van der Waals surface area contributed by atoms with Gasteiger partial charge in [0, 0.05) is 24.9 Å². The topological polar surface area (TPSA) is 101 Å². The molecule has 2 aromatic rings. The quantitative estimate of drug-likeness (QED) is 0.683. The third-order valence-electron chi connectivity index (χ3n) is 4.23. The van der Waals surface area contributed by atoms with Gasteiger partial charge in [-0.2, -0.15) is 0 Å². The summed E-state index contributed by atoms with van der Waals surface area (Å²) in [4.78, 5) is 31.5. The monoisotopic (exact) mass is 344 g/mol. The second kappa shape index (κ2) is 8.25. The summed E-state index contributed by atoms with van der Waals surface area (Å²) < 4.78 is 0. The Morgan fingerprint density at radius 3 is 2.76 bits per heavy atom. The number of aromatic nitrogens is 2. The van der Waals surface area contributed by atoms with Crippen molar-refractivity contribution in [3.8, 4) is 0 Å². The second-order valence-corrected chi connectivity index (χ2v) is 7.29. The van der Waals surface area contributed by atoms with E-state index in [0.717, 1.165) is 6.42 Å². The minimum atomic E-state index is -0.374. The lowest BCUT2D eigenvalue weighted by Crippen LogP contribution is -2.52. The standard InChI is InChI=1S/C19H28N4O2/c1-13(2)11-19(3,12-20)23-17(24)10-6-9-16-21-15-8-5-4-7-14(15)18(25)22-16/h4-5,7-8,13H,6,9-12,20H2,1-3H3,(H,23,24)(H,21,22,25). The van der Waals surface area contributed by atoms with Crippen molar-refractivity contribution in [1.82, 2.24) is 15.3 Å². The number of nitrogens with zero attached hydrogens (tertiary/aromatic N) is 1. The number of hydrogen-bond donors (Lipinski definition) is 3. The summed E-state index contributed by atoms with van der Waals surface area (Å²) in [7, 11) is 0. The lowest BCUT2D eigenvalue weighted by Gasteiger charge is -2.31. The highest BCUT2D eigenvalue weighted by molar-refractivity contribution is 5.77. The van der Waals surface area contributed by atoms with Gasteiger partial charge in [-0.05, 0) is 37.8 Å². The van der Waals surface area contributed by atoms with Crippen LogP contribution in [0.15, 0.2) is 29.1 Å². The smallest absolute Gasteiger partial charge is 0.258 e. The molecule has 6 nitrogen and oxygen atoms in total. The van der Waals surface area contributed by atoms with E-state index < -0.39 is 0 Å². The van der Waals surface area contributed by atoms with Gasteiger partial charge in [0.1, 0.15) is 5.82 Å². The first-order valence-electron chi connectivity index (χ1n) is 8.82. The highest BCUT2D eigenvalue weighted by Crippen LogP contribution is 2.15. The summed E-state index contributed by atoms with van der Waals surface area (Å²) >= 11 is 0. The average molecular weight is 344 g/mol. The minimum absolute atomic E-state index is 0.0169. The fourth-order valence-corrected chi connectivity index (χ4v) is 3.16. The zero-order valence-corrected chi connectivity index (χ0v) is 15.3. The van der Waals surface area contributed by atoms with E-state index >= 15 is 0 Å². The van der Waals surface area contributed by atoms with Crippen molar-refractivity contribution in [3.63, 3.8) is 0 Å². The van der Waals surface area contributed by atoms with E-state index in [1.807, 2.05) is 25.1 Å². The molecule has 6 heteroatoms. The fraction of sp³-hybridized carbons (Fsp3) is 0.526. The van der Waals surface area contributed by atoms with E-state index in [-0.39, 0.29) is 17.0 Å². The summed E-state index contributed by atoms with van der Waals surface area (Å²) in [5.41, 5.74) is 5.99. The van der Waals surface area contributed by atoms with E-state index in [2.05, 4.69) is 29.1 Å². The van der Waals surface area contributed by atoms with Crippen LogP contribution in [0.5, 0.6) is 0 Å². The number of carbonyl (C=O) groups excluding carboxylic acids is 1. The number of nitrogens with one attached hydrogen (secondary N) is 2. The zero-order chi connectivity index (χ0) is 18.4. The molecule has 1 aromatic heterocycles. The van der Waals surface area contributed by atoms with Crippen molar-refractivity contribution in [3.05, 3.63) is 40.4 Å². The van der Waals surface area contributed by atoms with Crippen molar-refractivity contribution in [2.75, 3.05) is 6.54 Å². The number of benzene rings is 1. The summed E-state index contributed by atoms with van der Waals surface area (Å²) in [6.07, 6.45) is 2.39. The van der Waals surface area contributed by atoms with Gasteiger partial charge in [-0.1, -0.05) is 26.0 Å². The summed E-state index contributed by atoms with van der Waals surface area (Å²) in [5, 5.41) is 3.63. The molecule has 0 saturated heterocycles. The largest absolute Gasteiger partial charge is 0.350 e. The molecule has 1 unspecified atom stereocenters. The van der Waals surface area contributed by atoms with Gasteiger partial charge in [-0.3, -0.25) is 9.59 Å². The number of aryl methyl sites for hydroxylation is 1. The number of fused-ring (bicyclic) bond motifs is 1. The van der Waals surface area contributed by atoms with Gasteiger partial charge in [-0.15, -0.1) is 0 Å². The van der Waals surface area contributed by atoms with Crippen LogP contribution in [0.2, 0.25) is 0 Å². The van der Waals surface area contributed by atoms with E-state index in [9.17, 15) is 9.59 Å². The van der Waals surface area contributed by atoms with E-state index in [0.29, 0.717) is 48.5 Å². The number of nitrogens with two attached hydrogens (primary N) is 1. The maximum Gasteiger partial charge on any atom is 0.258 e. The Bertz CT molecular complexity index is 784. The Labute approximate surface area is 148 Å². The van der Waals surface area contributed by atoms with Gasteiger partial charge in [0.15, 0.2) is 0 Å². The molecule has 1 amide bonds. The van der Waals surface area contributed by atoms with Crippen molar-refractivity contribution in [2.45, 2.75) is 52.0 Å². The molecule has 0 bridgehead atoms. The molecule has 0 saturated carbocycles. The van der Waals surface area contributed by atoms with Crippen LogP contribution >= 0.6 is 0 Å². The Morgan fingerprint density at radius 1 is 1.36 bits per heavy atom. The number of aromatic amines is 1. The first-order chi connectivity index (χ1) is 11.8. The SMILES string of the molecule is CC(C)CC(C)(CN)NC(=O)CCCc1nc2ccccc2c(=O)[nH]1. The molecule has 0 aliphatic rings. The van der Waals surface area contributed by atoms with Gasteiger partial charge >= 0.3 is 0 Å². The first kappa shape index (κ1) is 19.1. The molecular formula is C19H28N4O2. The Kier molecular flexibility index (Phi) is 6.31. The van der Waals surface area contributed by atoms with Crippen molar-refractivity contribution < 1.29 is 4.79 Å². The van der Waals surface area contributed by atoms with Crippen LogP contribution in [0.3, 0.4) is 0 Å². The molecular weight excluding hydrogens is 316 g/mol. The molecule has 0 fully saturated rings. The Hall–Kier alpha value is -2.21. The summed E-state index contributed by atoms with van der Waals surface area (Å²) in [5.74, 6) is 1.05. The number of hydrogen-bond acceptors (Lipinski definition) is 4. The molecule has 4 N–H and O–H groups in total. The number of H-pyrrole nitrogens is 1. The number of para-hydroxylation sites is 1. The molecule has 1 heterocycles. The maximum absolute atomic E-state index is 12.2. The van der Waals surface area contributed by atoms with Gasteiger partial charge in [-0.25, -0.2) is 4.98 Å². The fourth-order valence-electron chi connectivity index (χ4n) is 3.16. The van der Waals surface area contributed by atoms with Crippen molar-refractivity contribution >= 4 is 16.8 Å². The predicted octanol–water partition coefficient (Wildman–Crippen LogP) is 2.13. The van der Waals surface area contributed by atoms with E-state index in [4.69, 9.17) is 5.73 Å². The minimum Gasteiger partial charge on any atom is -0.350 e. The molecule has 2 rings (SSSR count). The van der Waals surface area contributed by atoms with Crippen LogP contribution < -0.4 is 16.6 Å². The molecule has 0 radical (unpaired) electrons. The third kappa shape index (κ3) is 5.39. The summed E-state index contributed by atoms with van der Waals surface area (Å²) in [6.45, 7) is 6.62. The molecule has 25 heavy (non-hydrogen) atoms. The van der Waals surface area contributed by atoms with Crippen LogP contribution in [0.25, 0.3) is 10.9 Å².